The van der Waals surface area contributed by atoms with Crippen molar-refractivity contribution in [3.05, 3.63) is 114 Å². The van der Waals surface area contributed by atoms with Gasteiger partial charge in [-0.15, -0.1) is 0 Å². The van der Waals surface area contributed by atoms with Crippen molar-refractivity contribution in [1.82, 2.24) is 9.97 Å². The fraction of sp³-hybridized carbons (Fsp3) is 0.167. The van der Waals surface area contributed by atoms with Crippen LogP contribution in [0.1, 0.15) is 34.8 Å². The molecule has 0 amide bonds. The quantitative estimate of drug-likeness (QED) is 0.0986. The number of esters is 1. The first-order valence-electron chi connectivity index (χ1n) is 12.0. The lowest BCUT2D eigenvalue weighted by atomic mass is 10.0. The van der Waals surface area contributed by atoms with E-state index in [4.69, 9.17) is 4.74 Å². The molecule has 0 N–H and O–H groups in total. The van der Waals surface area contributed by atoms with Crippen molar-refractivity contribution in [3.8, 4) is 28.3 Å². The van der Waals surface area contributed by atoms with Gasteiger partial charge >= 0.3 is 5.97 Å². The second kappa shape index (κ2) is 12.3. The zero-order valence-electron chi connectivity index (χ0n) is 20.5. The Labute approximate surface area is 217 Å². The number of allylic oxidation sites excluding steroid dienone is 2. The van der Waals surface area contributed by atoms with Gasteiger partial charge in [0.05, 0.1) is 5.56 Å². The summed E-state index contributed by atoms with van der Waals surface area (Å²) < 4.78 is 58.0. The van der Waals surface area contributed by atoms with Crippen molar-refractivity contribution in [2.45, 2.75) is 32.6 Å². The van der Waals surface area contributed by atoms with Crippen LogP contribution in [0.25, 0.3) is 22.5 Å². The van der Waals surface area contributed by atoms with Gasteiger partial charge in [0.2, 0.25) is 0 Å². The number of halogens is 4. The van der Waals surface area contributed by atoms with Crippen LogP contribution in [-0.4, -0.2) is 22.4 Å². The minimum absolute atomic E-state index is 0.190. The topological polar surface area (TPSA) is 52.1 Å². The van der Waals surface area contributed by atoms with Crippen LogP contribution in [0.3, 0.4) is 0 Å². The Morgan fingerprint density at radius 1 is 0.895 bits per heavy atom. The highest BCUT2D eigenvalue weighted by Crippen LogP contribution is 2.25. The van der Waals surface area contributed by atoms with E-state index >= 15 is 0 Å². The molecule has 1 aromatic heterocycles. The molecule has 0 aliphatic heterocycles. The number of ether oxygens (including phenoxy) is 1. The van der Waals surface area contributed by atoms with Crippen LogP contribution in [0, 0.1) is 11.6 Å². The lowest BCUT2D eigenvalue weighted by Gasteiger charge is -2.09. The standard InChI is InChI=1S/C30H24F4N2O2/c1-2-4-19-17-35-29(36-18-19)22-11-7-20(8-12-22)21-9-13-23(14-10-21)30(37)38-24-15-26(31)25(27(32)16-24)5-3-6-28(33)34/h3,6-18,28H,2,4-5H2,1H3. The summed E-state index contributed by atoms with van der Waals surface area (Å²) in [5.74, 6) is -2.46. The molecule has 0 unspecified atom stereocenters. The second-order valence-corrected chi connectivity index (χ2v) is 8.54. The average Bonchev–Trinajstić information content (AvgIpc) is 2.91. The van der Waals surface area contributed by atoms with Gasteiger partial charge in [0.1, 0.15) is 17.4 Å². The van der Waals surface area contributed by atoms with Crippen LogP contribution in [0.15, 0.2) is 85.2 Å². The molecule has 0 atom stereocenters. The Balaban J connectivity index is 1.42. The highest BCUT2D eigenvalue weighted by atomic mass is 19.3. The van der Waals surface area contributed by atoms with E-state index in [1.165, 1.54) is 0 Å². The predicted octanol–water partition coefficient (Wildman–Crippen LogP) is 7.62. The minimum Gasteiger partial charge on any atom is -0.423 e. The Morgan fingerprint density at radius 3 is 2.00 bits per heavy atom. The molecule has 1 heterocycles. The molecular formula is C30H24F4N2O2. The van der Waals surface area contributed by atoms with E-state index in [0.717, 1.165) is 53.3 Å². The van der Waals surface area contributed by atoms with Gasteiger partial charge in [-0.2, -0.15) is 0 Å². The highest BCUT2D eigenvalue weighted by Gasteiger charge is 2.15. The van der Waals surface area contributed by atoms with Gasteiger partial charge in [-0.05, 0) is 47.7 Å². The Morgan fingerprint density at radius 2 is 1.45 bits per heavy atom. The first kappa shape index (κ1) is 26.7. The maximum absolute atomic E-state index is 14.3. The van der Waals surface area contributed by atoms with Crippen molar-refractivity contribution in [2.24, 2.45) is 0 Å². The molecule has 4 aromatic rings. The zero-order valence-corrected chi connectivity index (χ0v) is 20.5. The Hall–Kier alpha value is -4.33. The van der Waals surface area contributed by atoms with Crippen molar-refractivity contribution >= 4 is 5.97 Å². The third-order valence-electron chi connectivity index (χ3n) is 5.77. The first-order chi connectivity index (χ1) is 18.3. The summed E-state index contributed by atoms with van der Waals surface area (Å²) in [6.45, 7) is 2.10. The van der Waals surface area contributed by atoms with Crippen LogP contribution in [0.5, 0.6) is 5.75 Å². The van der Waals surface area contributed by atoms with Gasteiger partial charge in [0.25, 0.3) is 6.43 Å². The van der Waals surface area contributed by atoms with Crippen LogP contribution in [0.2, 0.25) is 0 Å². The molecule has 0 spiro atoms. The van der Waals surface area contributed by atoms with E-state index in [1.54, 1.807) is 24.3 Å². The molecule has 0 saturated carbocycles. The molecule has 0 radical (unpaired) electrons. The number of rotatable bonds is 9. The fourth-order valence-electron chi connectivity index (χ4n) is 3.82. The van der Waals surface area contributed by atoms with Crippen LogP contribution < -0.4 is 4.74 Å². The van der Waals surface area contributed by atoms with Gasteiger partial charge in [-0.1, -0.05) is 55.8 Å². The van der Waals surface area contributed by atoms with Gasteiger partial charge in [0, 0.05) is 35.7 Å². The summed E-state index contributed by atoms with van der Waals surface area (Å²) in [6.07, 6.45) is 4.10. The molecule has 4 rings (SSSR count). The zero-order chi connectivity index (χ0) is 27.1. The van der Waals surface area contributed by atoms with Crippen molar-refractivity contribution in [2.75, 3.05) is 0 Å². The number of benzene rings is 3. The number of alkyl halides is 2. The minimum atomic E-state index is -2.71. The smallest absolute Gasteiger partial charge is 0.343 e. The summed E-state index contributed by atoms with van der Waals surface area (Å²) >= 11 is 0. The number of aromatic nitrogens is 2. The number of nitrogens with zero attached hydrogens (tertiary/aromatic N) is 2. The number of hydrogen-bond acceptors (Lipinski definition) is 4. The lowest BCUT2D eigenvalue weighted by molar-refractivity contribution is 0.0734. The maximum Gasteiger partial charge on any atom is 0.343 e. The summed E-state index contributed by atoms with van der Waals surface area (Å²) in [5, 5.41) is 0. The summed E-state index contributed by atoms with van der Waals surface area (Å²) in [4.78, 5) is 21.4. The van der Waals surface area contributed by atoms with E-state index in [-0.39, 0.29) is 17.7 Å². The van der Waals surface area contributed by atoms with E-state index < -0.39 is 29.6 Å². The molecule has 194 valence electrons. The van der Waals surface area contributed by atoms with Crippen molar-refractivity contribution in [3.63, 3.8) is 0 Å². The predicted molar refractivity (Wildman–Crippen MR) is 137 cm³/mol. The second-order valence-electron chi connectivity index (χ2n) is 8.54. The van der Waals surface area contributed by atoms with E-state index in [2.05, 4.69) is 16.9 Å². The van der Waals surface area contributed by atoms with Gasteiger partial charge in [-0.25, -0.2) is 32.3 Å². The summed E-state index contributed by atoms with van der Waals surface area (Å²) in [7, 11) is 0. The molecule has 0 fully saturated rings. The van der Waals surface area contributed by atoms with Crippen LogP contribution in [-0.2, 0) is 12.8 Å². The SMILES string of the molecule is CCCc1cnc(-c2ccc(-c3ccc(C(=O)Oc4cc(F)c(CC=CC(F)F)c(F)c4)cc3)cc2)nc1. The summed E-state index contributed by atoms with van der Waals surface area (Å²) in [5.41, 5.74) is 3.54. The molecule has 0 aliphatic carbocycles. The van der Waals surface area contributed by atoms with Crippen LogP contribution in [0.4, 0.5) is 17.6 Å². The molecule has 3 aromatic carbocycles. The average molecular weight is 521 g/mol. The Kier molecular flexibility index (Phi) is 8.63. The number of hydrogen-bond donors (Lipinski definition) is 0. The summed E-state index contributed by atoms with van der Waals surface area (Å²) in [6, 6.07) is 16.0. The maximum atomic E-state index is 14.3. The molecular weight excluding hydrogens is 496 g/mol. The van der Waals surface area contributed by atoms with Crippen LogP contribution >= 0.6 is 0 Å². The van der Waals surface area contributed by atoms with Crippen molar-refractivity contribution in [1.29, 1.82) is 0 Å². The fourth-order valence-corrected chi connectivity index (χ4v) is 3.82. The normalized spacial score (nSPS) is 11.3. The van der Waals surface area contributed by atoms with Gasteiger partial charge < -0.3 is 4.74 Å². The number of carbonyl (C=O) groups is 1. The Bertz CT molecular complexity index is 1400. The number of carbonyl (C=O) groups excluding carboxylic acids is 1. The monoisotopic (exact) mass is 520 g/mol. The van der Waals surface area contributed by atoms with Gasteiger partial charge in [0.15, 0.2) is 5.82 Å². The third-order valence-corrected chi connectivity index (χ3v) is 5.77. The molecule has 4 nitrogen and oxygen atoms in total. The molecule has 38 heavy (non-hydrogen) atoms. The van der Waals surface area contributed by atoms with E-state index in [0.29, 0.717) is 11.9 Å². The third kappa shape index (κ3) is 6.70. The van der Waals surface area contributed by atoms with E-state index in [1.807, 2.05) is 36.7 Å². The molecule has 8 heteroatoms. The lowest BCUT2D eigenvalue weighted by Crippen LogP contribution is -2.09. The molecule has 0 aliphatic rings. The van der Waals surface area contributed by atoms with Crippen molar-refractivity contribution < 1.29 is 27.1 Å². The first-order valence-corrected chi connectivity index (χ1v) is 12.0. The largest absolute Gasteiger partial charge is 0.423 e. The van der Waals surface area contributed by atoms with E-state index in [9.17, 15) is 22.4 Å². The molecule has 0 bridgehead atoms. The highest BCUT2D eigenvalue weighted by molar-refractivity contribution is 5.91. The number of aryl methyl sites for hydroxylation is 1. The molecule has 0 saturated heterocycles. The van der Waals surface area contributed by atoms with Gasteiger partial charge in [-0.3, -0.25) is 0 Å².